The molecule has 1 rings (SSSR count). The third-order valence-corrected chi connectivity index (χ3v) is 6.47. The van der Waals surface area contributed by atoms with Crippen LogP contribution < -0.4 is 0 Å². The lowest BCUT2D eigenvalue weighted by Gasteiger charge is -2.39. The van der Waals surface area contributed by atoms with E-state index >= 15 is 0 Å². The summed E-state index contributed by atoms with van der Waals surface area (Å²) in [4.78, 5) is 1.93. The number of hydrogen-bond acceptors (Lipinski definition) is 5. The number of rotatable bonds is 4. The highest BCUT2D eigenvalue weighted by molar-refractivity contribution is 8.01. The molecule has 0 amide bonds. The zero-order chi connectivity index (χ0) is 12.3. The van der Waals surface area contributed by atoms with Gasteiger partial charge in [0.25, 0.3) is 0 Å². The van der Waals surface area contributed by atoms with Gasteiger partial charge in [0, 0.05) is 29.8 Å². The van der Waals surface area contributed by atoms with Gasteiger partial charge in [0.1, 0.15) is 5.37 Å². The smallest absolute Gasteiger partial charge is 0.166 e. The first-order valence-corrected chi connectivity index (χ1v) is 8.50. The van der Waals surface area contributed by atoms with Crippen LogP contribution in [0.4, 0.5) is 0 Å². The maximum atomic E-state index is 12.0. The third-order valence-electron chi connectivity index (χ3n) is 3.16. The summed E-state index contributed by atoms with van der Waals surface area (Å²) in [5, 5.41) is 9.16. The van der Waals surface area contributed by atoms with Gasteiger partial charge in [-0.3, -0.25) is 4.90 Å². The average molecular weight is 267 g/mol. The van der Waals surface area contributed by atoms with E-state index in [4.69, 9.17) is 0 Å². The van der Waals surface area contributed by atoms with E-state index in [1.165, 1.54) is 0 Å². The Bertz CT molecular complexity index is 316. The van der Waals surface area contributed by atoms with Crippen LogP contribution in [-0.4, -0.2) is 59.7 Å². The Labute approximate surface area is 102 Å². The fourth-order valence-electron chi connectivity index (χ4n) is 1.84. The lowest BCUT2D eigenvalue weighted by atomic mass is 10.2. The second kappa shape index (κ2) is 5.71. The van der Waals surface area contributed by atoms with Crippen molar-refractivity contribution in [2.75, 3.05) is 23.8 Å². The van der Waals surface area contributed by atoms with Crippen LogP contribution in [0.15, 0.2) is 0 Å². The molecule has 0 aromatic rings. The minimum Gasteiger partial charge on any atom is -0.392 e. The van der Waals surface area contributed by atoms with E-state index in [0.717, 1.165) is 12.3 Å². The fraction of sp³-hybridized carbons (Fsp3) is 1.00. The Morgan fingerprint density at radius 1 is 1.50 bits per heavy atom. The molecule has 0 saturated carbocycles. The highest BCUT2D eigenvalue weighted by Crippen LogP contribution is 2.24. The number of nitrogens with zero attached hydrogens (tertiary/aromatic N) is 1. The standard InChI is InChI=1S/C10H21NO3S2/c1-4-16(13,14)10-7-15-6-5-11(10)8(2)9(3)12/h8-10,12H,4-7H2,1-3H3. The molecule has 1 fully saturated rings. The number of aliphatic hydroxyl groups excluding tert-OH is 1. The monoisotopic (exact) mass is 267 g/mol. The van der Waals surface area contributed by atoms with Crippen molar-refractivity contribution in [1.82, 2.24) is 4.90 Å². The molecule has 1 aliphatic rings. The van der Waals surface area contributed by atoms with Crippen molar-refractivity contribution in [1.29, 1.82) is 0 Å². The molecule has 4 nitrogen and oxygen atoms in total. The molecule has 0 radical (unpaired) electrons. The average Bonchev–Trinajstić information content (AvgIpc) is 2.28. The molecule has 0 aliphatic carbocycles. The summed E-state index contributed by atoms with van der Waals surface area (Å²) in [6.45, 7) is 6.02. The van der Waals surface area contributed by atoms with Crippen molar-refractivity contribution in [3.8, 4) is 0 Å². The van der Waals surface area contributed by atoms with Crippen LogP contribution in [0.25, 0.3) is 0 Å². The molecule has 3 unspecified atom stereocenters. The van der Waals surface area contributed by atoms with Crippen LogP contribution in [0.3, 0.4) is 0 Å². The van der Waals surface area contributed by atoms with Gasteiger partial charge < -0.3 is 5.11 Å². The van der Waals surface area contributed by atoms with Gasteiger partial charge in [-0.05, 0) is 13.8 Å². The maximum absolute atomic E-state index is 12.0. The first kappa shape index (κ1) is 14.3. The molecule has 1 saturated heterocycles. The minimum atomic E-state index is -3.05. The Hall–Kier alpha value is 0.220. The topological polar surface area (TPSA) is 57.6 Å². The summed E-state index contributed by atoms with van der Waals surface area (Å²) in [7, 11) is -3.05. The zero-order valence-corrected chi connectivity index (χ0v) is 11.7. The fourth-order valence-corrected chi connectivity index (χ4v) is 4.95. The van der Waals surface area contributed by atoms with Crippen LogP contribution in [0.1, 0.15) is 20.8 Å². The predicted octanol–water partition coefficient (Wildman–Crippen LogP) is 0.565. The highest BCUT2D eigenvalue weighted by atomic mass is 32.2. The molecule has 16 heavy (non-hydrogen) atoms. The van der Waals surface area contributed by atoms with Gasteiger partial charge >= 0.3 is 0 Å². The largest absolute Gasteiger partial charge is 0.392 e. The molecule has 0 aromatic carbocycles. The molecule has 6 heteroatoms. The first-order chi connectivity index (χ1) is 7.40. The van der Waals surface area contributed by atoms with Crippen molar-refractivity contribution >= 4 is 21.6 Å². The van der Waals surface area contributed by atoms with Gasteiger partial charge in [0.15, 0.2) is 9.84 Å². The molecule has 3 atom stereocenters. The maximum Gasteiger partial charge on any atom is 0.166 e. The quantitative estimate of drug-likeness (QED) is 0.807. The van der Waals surface area contributed by atoms with Crippen molar-refractivity contribution in [2.45, 2.75) is 38.3 Å². The van der Waals surface area contributed by atoms with Crippen LogP contribution in [-0.2, 0) is 9.84 Å². The zero-order valence-electron chi connectivity index (χ0n) is 10.1. The Balaban J connectivity index is 2.87. The first-order valence-electron chi connectivity index (χ1n) is 5.63. The van der Waals surface area contributed by atoms with Gasteiger partial charge in [0.2, 0.25) is 0 Å². The van der Waals surface area contributed by atoms with Crippen LogP contribution in [0.2, 0.25) is 0 Å². The number of thioether (sulfide) groups is 1. The number of aliphatic hydroxyl groups is 1. The van der Waals surface area contributed by atoms with E-state index in [9.17, 15) is 13.5 Å². The normalized spacial score (nSPS) is 27.6. The Morgan fingerprint density at radius 2 is 2.12 bits per heavy atom. The molecule has 0 bridgehead atoms. The van der Waals surface area contributed by atoms with E-state index < -0.39 is 21.3 Å². The molecular weight excluding hydrogens is 246 g/mol. The molecule has 1 heterocycles. The molecular formula is C10H21NO3S2. The van der Waals surface area contributed by atoms with E-state index in [2.05, 4.69) is 0 Å². The molecule has 96 valence electrons. The van der Waals surface area contributed by atoms with Gasteiger partial charge in [-0.25, -0.2) is 8.42 Å². The molecule has 0 spiro atoms. The van der Waals surface area contributed by atoms with Gasteiger partial charge in [-0.15, -0.1) is 0 Å². The Morgan fingerprint density at radius 3 is 2.62 bits per heavy atom. The summed E-state index contributed by atoms with van der Waals surface area (Å²) >= 11 is 1.68. The minimum absolute atomic E-state index is 0.104. The van der Waals surface area contributed by atoms with Crippen LogP contribution in [0.5, 0.6) is 0 Å². The van der Waals surface area contributed by atoms with E-state index in [1.807, 2.05) is 11.8 Å². The van der Waals surface area contributed by atoms with Crippen molar-refractivity contribution < 1.29 is 13.5 Å². The van der Waals surface area contributed by atoms with Gasteiger partial charge in [-0.1, -0.05) is 6.92 Å². The van der Waals surface area contributed by atoms with E-state index in [-0.39, 0.29) is 11.8 Å². The van der Waals surface area contributed by atoms with E-state index in [0.29, 0.717) is 5.75 Å². The highest BCUT2D eigenvalue weighted by Gasteiger charge is 2.36. The number of hydrogen-bond donors (Lipinski definition) is 1. The van der Waals surface area contributed by atoms with Crippen LogP contribution in [0, 0.1) is 0 Å². The van der Waals surface area contributed by atoms with Crippen molar-refractivity contribution in [2.24, 2.45) is 0 Å². The molecule has 1 N–H and O–H groups in total. The molecule has 1 aliphatic heterocycles. The Kier molecular flexibility index (Phi) is 5.10. The van der Waals surface area contributed by atoms with Gasteiger partial charge in [0.05, 0.1) is 6.10 Å². The summed E-state index contributed by atoms with van der Waals surface area (Å²) in [6, 6.07) is -0.104. The second-order valence-corrected chi connectivity index (χ2v) is 7.80. The predicted molar refractivity (Wildman–Crippen MR) is 68.4 cm³/mol. The summed E-state index contributed by atoms with van der Waals surface area (Å²) < 4.78 is 23.9. The lowest BCUT2D eigenvalue weighted by molar-refractivity contribution is 0.0683. The van der Waals surface area contributed by atoms with Crippen LogP contribution >= 0.6 is 11.8 Å². The third kappa shape index (κ3) is 3.12. The lowest BCUT2D eigenvalue weighted by Crippen LogP contribution is -2.54. The number of sulfone groups is 1. The summed E-state index contributed by atoms with van der Waals surface area (Å²) in [5.74, 6) is 1.72. The summed E-state index contributed by atoms with van der Waals surface area (Å²) in [5.41, 5.74) is 0. The second-order valence-electron chi connectivity index (χ2n) is 4.20. The van der Waals surface area contributed by atoms with E-state index in [1.54, 1.807) is 25.6 Å². The van der Waals surface area contributed by atoms with Gasteiger partial charge in [-0.2, -0.15) is 11.8 Å². The SMILES string of the molecule is CCS(=O)(=O)C1CSCCN1C(C)C(C)O. The van der Waals surface area contributed by atoms with Crippen molar-refractivity contribution in [3.05, 3.63) is 0 Å². The molecule has 0 aromatic heterocycles. The van der Waals surface area contributed by atoms with Crippen molar-refractivity contribution in [3.63, 3.8) is 0 Å². The summed E-state index contributed by atoms with van der Waals surface area (Å²) in [6.07, 6.45) is -0.502.